The van der Waals surface area contributed by atoms with E-state index in [1.54, 1.807) is 38.1 Å². The van der Waals surface area contributed by atoms with Crippen LogP contribution in [0, 0.1) is 13.8 Å². The molecule has 1 amide bonds. The van der Waals surface area contributed by atoms with Gasteiger partial charge in [-0.25, -0.2) is 4.79 Å². The van der Waals surface area contributed by atoms with Crippen molar-refractivity contribution in [2.45, 2.75) is 13.8 Å². The number of rotatable bonds is 2. The number of halogens is 1. The van der Waals surface area contributed by atoms with Crippen molar-refractivity contribution in [1.82, 2.24) is 0 Å². The van der Waals surface area contributed by atoms with Crippen LogP contribution in [0.4, 0.5) is 5.69 Å². The molecule has 0 aliphatic heterocycles. The van der Waals surface area contributed by atoms with Gasteiger partial charge < -0.3 is 9.73 Å². The summed E-state index contributed by atoms with van der Waals surface area (Å²) in [4.78, 5) is 23.4. The van der Waals surface area contributed by atoms with Crippen LogP contribution in [0.15, 0.2) is 39.5 Å². The third kappa shape index (κ3) is 2.85. The molecule has 0 unspecified atom stereocenters. The zero-order valence-electron chi connectivity index (χ0n) is 10.5. The predicted octanol–water partition coefficient (Wildman–Crippen LogP) is 3.16. The molecule has 98 valence electrons. The normalized spacial score (nSPS) is 10.3. The molecule has 0 saturated carbocycles. The predicted molar refractivity (Wildman–Crippen MR) is 73.9 cm³/mol. The lowest BCUT2D eigenvalue weighted by atomic mass is 10.1. The number of hydrogen-bond acceptors (Lipinski definition) is 3. The highest BCUT2D eigenvalue weighted by molar-refractivity contribution is 6.33. The lowest BCUT2D eigenvalue weighted by Crippen LogP contribution is -2.17. The van der Waals surface area contributed by atoms with E-state index in [-0.39, 0.29) is 11.7 Å². The summed E-state index contributed by atoms with van der Waals surface area (Å²) in [5.74, 6) is -0.0681. The van der Waals surface area contributed by atoms with E-state index in [1.165, 1.54) is 6.07 Å². The maximum Gasteiger partial charge on any atom is 0.336 e. The Morgan fingerprint density at radius 3 is 2.58 bits per heavy atom. The van der Waals surface area contributed by atoms with Gasteiger partial charge in [0.2, 0.25) is 0 Å². The average Bonchev–Trinajstić information content (AvgIpc) is 2.30. The third-order valence-corrected chi connectivity index (χ3v) is 3.01. The third-order valence-electron chi connectivity index (χ3n) is 2.68. The van der Waals surface area contributed by atoms with E-state index in [2.05, 4.69) is 5.32 Å². The molecule has 0 aliphatic carbocycles. The Hall–Kier alpha value is -2.07. The second kappa shape index (κ2) is 5.28. The molecule has 0 fully saturated rings. The Morgan fingerprint density at radius 2 is 1.95 bits per heavy atom. The van der Waals surface area contributed by atoms with Crippen LogP contribution in [0.2, 0.25) is 5.02 Å². The van der Waals surface area contributed by atoms with Gasteiger partial charge >= 0.3 is 5.63 Å². The first-order valence-corrected chi connectivity index (χ1v) is 6.04. The van der Waals surface area contributed by atoms with Crippen molar-refractivity contribution in [3.05, 3.63) is 62.7 Å². The van der Waals surface area contributed by atoms with E-state index >= 15 is 0 Å². The molecule has 2 aromatic rings. The van der Waals surface area contributed by atoms with Crippen LogP contribution in [-0.4, -0.2) is 5.91 Å². The van der Waals surface area contributed by atoms with Crippen LogP contribution >= 0.6 is 11.6 Å². The second-order valence-electron chi connectivity index (χ2n) is 4.11. The molecule has 0 bridgehead atoms. The quantitative estimate of drug-likeness (QED) is 0.917. The fourth-order valence-corrected chi connectivity index (χ4v) is 2.03. The summed E-state index contributed by atoms with van der Waals surface area (Å²) < 4.78 is 4.93. The van der Waals surface area contributed by atoms with Gasteiger partial charge in [0.25, 0.3) is 5.91 Å². The minimum absolute atomic E-state index is 0.287. The Kier molecular flexibility index (Phi) is 3.71. The van der Waals surface area contributed by atoms with Gasteiger partial charge in [-0.2, -0.15) is 0 Å². The molecule has 19 heavy (non-hydrogen) atoms. The molecular weight excluding hydrogens is 266 g/mol. The smallest absolute Gasteiger partial charge is 0.336 e. The van der Waals surface area contributed by atoms with E-state index in [0.29, 0.717) is 21.8 Å². The van der Waals surface area contributed by atoms with E-state index in [4.69, 9.17) is 16.0 Å². The monoisotopic (exact) mass is 277 g/mol. The molecule has 2 rings (SSSR count). The number of carbonyl (C=O) groups is 1. The minimum atomic E-state index is -0.468. The number of nitrogens with one attached hydrogen (secondary N) is 1. The topological polar surface area (TPSA) is 59.3 Å². The number of amides is 1. The largest absolute Gasteiger partial charge is 0.427 e. The number of aryl methyl sites for hydroxylation is 2. The number of benzene rings is 1. The van der Waals surface area contributed by atoms with Crippen molar-refractivity contribution in [3.63, 3.8) is 0 Å². The van der Waals surface area contributed by atoms with Crippen molar-refractivity contribution >= 4 is 23.2 Å². The van der Waals surface area contributed by atoms with Crippen LogP contribution in [0.5, 0.6) is 0 Å². The van der Waals surface area contributed by atoms with Crippen LogP contribution in [0.3, 0.4) is 0 Å². The molecule has 0 spiro atoms. The van der Waals surface area contributed by atoms with Crippen molar-refractivity contribution < 1.29 is 9.21 Å². The summed E-state index contributed by atoms with van der Waals surface area (Å²) in [6.07, 6.45) is 0. The van der Waals surface area contributed by atoms with Crippen molar-refractivity contribution in [2.75, 3.05) is 5.32 Å². The van der Waals surface area contributed by atoms with E-state index in [0.717, 1.165) is 0 Å². The Labute approximate surface area is 115 Å². The van der Waals surface area contributed by atoms with Crippen molar-refractivity contribution in [2.24, 2.45) is 0 Å². The highest BCUT2D eigenvalue weighted by Crippen LogP contribution is 2.22. The molecule has 1 aromatic heterocycles. The van der Waals surface area contributed by atoms with E-state index in [1.807, 2.05) is 0 Å². The highest BCUT2D eigenvalue weighted by Gasteiger charge is 2.16. The maximum absolute atomic E-state index is 12.2. The van der Waals surface area contributed by atoms with Crippen molar-refractivity contribution in [3.8, 4) is 0 Å². The molecule has 1 heterocycles. The fraction of sp³-hybridized carbons (Fsp3) is 0.143. The van der Waals surface area contributed by atoms with Gasteiger partial charge in [0.15, 0.2) is 0 Å². The SMILES string of the molecule is Cc1cc(=O)oc(C)c1C(=O)Nc1ccccc1Cl. The summed E-state index contributed by atoms with van der Waals surface area (Å²) in [6.45, 7) is 3.27. The van der Waals surface area contributed by atoms with Crippen LogP contribution in [0.1, 0.15) is 21.7 Å². The average molecular weight is 278 g/mol. The van der Waals surface area contributed by atoms with Crippen LogP contribution in [0.25, 0.3) is 0 Å². The number of carbonyl (C=O) groups excluding carboxylic acids is 1. The molecule has 1 N–H and O–H groups in total. The standard InChI is InChI=1S/C14H12ClNO3/c1-8-7-12(17)19-9(2)13(8)14(18)16-11-6-4-3-5-10(11)15/h3-7H,1-2H3,(H,16,18). The lowest BCUT2D eigenvalue weighted by molar-refractivity contribution is 0.102. The van der Waals surface area contributed by atoms with Gasteiger partial charge in [-0.3, -0.25) is 4.79 Å². The zero-order chi connectivity index (χ0) is 14.0. The number of anilines is 1. The summed E-state index contributed by atoms with van der Waals surface area (Å²) >= 11 is 5.97. The van der Waals surface area contributed by atoms with Gasteiger partial charge in [0.05, 0.1) is 16.3 Å². The second-order valence-corrected chi connectivity index (χ2v) is 4.52. The molecular formula is C14H12ClNO3. The Balaban J connectivity index is 2.36. The van der Waals surface area contributed by atoms with Gasteiger partial charge in [-0.05, 0) is 31.5 Å². The summed E-state index contributed by atoms with van der Waals surface area (Å²) in [5, 5.41) is 3.14. The highest BCUT2D eigenvalue weighted by atomic mass is 35.5. The van der Waals surface area contributed by atoms with Crippen LogP contribution in [-0.2, 0) is 0 Å². The van der Waals surface area contributed by atoms with Gasteiger partial charge in [0, 0.05) is 6.07 Å². The molecule has 4 nitrogen and oxygen atoms in total. The molecule has 0 saturated heterocycles. The molecule has 0 atom stereocenters. The molecule has 5 heteroatoms. The summed E-state index contributed by atoms with van der Waals surface area (Å²) in [6, 6.07) is 8.21. The van der Waals surface area contributed by atoms with E-state index in [9.17, 15) is 9.59 Å². The zero-order valence-corrected chi connectivity index (χ0v) is 11.2. The Bertz CT molecular complexity index is 665. The molecule has 0 aliphatic rings. The van der Waals surface area contributed by atoms with Gasteiger partial charge in [-0.15, -0.1) is 0 Å². The Morgan fingerprint density at radius 1 is 1.26 bits per heavy atom. The fourth-order valence-electron chi connectivity index (χ4n) is 1.84. The number of para-hydroxylation sites is 1. The first kappa shape index (κ1) is 13.4. The first-order chi connectivity index (χ1) is 8.99. The number of hydrogen-bond donors (Lipinski definition) is 1. The van der Waals surface area contributed by atoms with Crippen LogP contribution < -0.4 is 10.9 Å². The summed E-state index contributed by atoms with van der Waals surface area (Å²) in [7, 11) is 0. The van der Waals surface area contributed by atoms with E-state index < -0.39 is 5.63 Å². The molecule has 0 radical (unpaired) electrons. The van der Waals surface area contributed by atoms with Gasteiger partial charge in [-0.1, -0.05) is 23.7 Å². The minimum Gasteiger partial charge on any atom is -0.427 e. The maximum atomic E-state index is 12.2. The molecule has 1 aromatic carbocycles. The van der Waals surface area contributed by atoms with Gasteiger partial charge in [0.1, 0.15) is 5.76 Å². The summed E-state index contributed by atoms with van der Waals surface area (Å²) in [5.41, 5.74) is 0.960. The van der Waals surface area contributed by atoms with Crippen molar-refractivity contribution in [1.29, 1.82) is 0 Å². The first-order valence-electron chi connectivity index (χ1n) is 5.66. The lowest BCUT2D eigenvalue weighted by Gasteiger charge is -2.10.